The molecule has 2 rings (SSSR count). The summed E-state index contributed by atoms with van der Waals surface area (Å²) < 4.78 is 23.4. The molecule has 0 radical (unpaired) electrons. The third kappa shape index (κ3) is 1.54. The average molecular weight is 227 g/mol. The van der Waals surface area contributed by atoms with E-state index in [0.29, 0.717) is 0 Å². The molecule has 0 atom stereocenters. The number of aryl methyl sites for hydroxylation is 1. The smallest absolute Gasteiger partial charge is 0.225 e. The Bertz CT molecular complexity index is 584. The molecule has 0 aliphatic heterocycles. The molecule has 0 aliphatic rings. The van der Waals surface area contributed by atoms with Gasteiger partial charge in [0.1, 0.15) is 4.90 Å². The largest absolute Gasteiger partial charge is 0.239 e. The second-order valence-corrected chi connectivity index (χ2v) is 5.59. The van der Waals surface area contributed by atoms with Gasteiger partial charge in [-0.1, -0.05) is 11.6 Å². The van der Waals surface area contributed by atoms with Gasteiger partial charge in [-0.2, -0.15) is 0 Å². The second-order valence-electron chi connectivity index (χ2n) is 3.14. The Kier molecular flexibility index (Phi) is 2.10. The Morgan fingerprint density at radius 2 is 2.07 bits per heavy atom. The van der Waals surface area contributed by atoms with Gasteiger partial charge in [0.2, 0.25) is 10.0 Å². The van der Waals surface area contributed by atoms with Crippen LogP contribution >= 0.6 is 11.3 Å². The maximum Gasteiger partial charge on any atom is 0.239 e. The summed E-state index contributed by atoms with van der Waals surface area (Å²) in [7, 11) is -3.59. The van der Waals surface area contributed by atoms with E-state index < -0.39 is 10.0 Å². The average Bonchev–Trinajstić information content (AvgIpc) is 2.45. The van der Waals surface area contributed by atoms with Crippen molar-refractivity contribution in [1.82, 2.24) is 0 Å². The maximum atomic E-state index is 11.2. The topological polar surface area (TPSA) is 60.2 Å². The SMILES string of the molecule is Cc1ccc2scc(S(N)(=O)=O)c2c1. The summed E-state index contributed by atoms with van der Waals surface area (Å²) in [4.78, 5) is 0.223. The molecule has 0 aliphatic carbocycles. The minimum absolute atomic E-state index is 0.223. The van der Waals surface area contributed by atoms with Crippen molar-refractivity contribution in [2.45, 2.75) is 11.8 Å². The summed E-state index contributed by atoms with van der Waals surface area (Å²) in [6.45, 7) is 1.92. The fourth-order valence-electron chi connectivity index (χ4n) is 1.34. The van der Waals surface area contributed by atoms with E-state index in [1.165, 1.54) is 11.3 Å². The van der Waals surface area contributed by atoms with Gasteiger partial charge in [0, 0.05) is 15.5 Å². The Hall–Kier alpha value is -0.910. The molecule has 5 heteroatoms. The zero-order valence-corrected chi connectivity index (χ0v) is 9.15. The van der Waals surface area contributed by atoms with Crippen molar-refractivity contribution < 1.29 is 8.42 Å². The number of fused-ring (bicyclic) bond motifs is 1. The summed E-state index contributed by atoms with van der Waals surface area (Å²) in [6.07, 6.45) is 0. The van der Waals surface area contributed by atoms with Crippen LogP contribution in [0.3, 0.4) is 0 Å². The lowest BCUT2D eigenvalue weighted by Crippen LogP contribution is -2.11. The highest BCUT2D eigenvalue weighted by atomic mass is 32.2. The first-order valence-electron chi connectivity index (χ1n) is 3.99. The molecule has 0 saturated heterocycles. The van der Waals surface area contributed by atoms with E-state index in [9.17, 15) is 8.42 Å². The molecular weight excluding hydrogens is 218 g/mol. The summed E-state index contributed by atoms with van der Waals surface area (Å²) in [5.41, 5.74) is 1.03. The van der Waals surface area contributed by atoms with Gasteiger partial charge < -0.3 is 0 Å². The van der Waals surface area contributed by atoms with Crippen LogP contribution in [-0.4, -0.2) is 8.42 Å². The van der Waals surface area contributed by atoms with E-state index in [1.54, 1.807) is 5.38 Å². The number of hydrogen-bond donors (Lipinski definition) is 1. The first kappa shape index (κ1) is 9.64. The Labute approximate surface area is 86.2 Å². The predicted molar refractivity (Wildman–Crippen MR) is 57.9 cm³/mol. The molecule has 0 unspecified atom stereocenters. The normalized spacial score (nSPS) is 12.1. The standard InChI is InChI=1S/C9H9NO2S2/c1-6-2-3-8-7(4-6)9(5-13-8)14(10,11)12/h2-5H,1H3,(H2,10,11,12). The van der Waals surface area contributed by atoms with Crippen LogP contribution in [0.2, 0.25) is 0 Å². The molecule has 2 N–H and O–H groups in total. The number of thiophene rings is 1. The minimum atomic E-state index is -3.59. The summed E-state index contributed by atoms with van der Waals surface area (Å²) in [5, 5.41) is 7.40. The molecule has 0 saturated carbocycles. The van der Waals surface area contributed by atoms with Gasteiger partial charge in [-0.05, 0) is 19.1 Å². The molecule has 0 spiro atoms. The molecular formula is C9H9NO2S2. The molecule has 0 bridgehead atoms. The molecule has 1 aromatic heterocycles. The first-order chi connectivity index (χ1) is 6.48. The fourth-order valence-corrected chi connectivity index (χ4v) is 3.36. The quantitative estimate of drug-likeness (QED) is 0.808. The van der Waals surface area contributed by atoms with E-state index in [0.717, 1.165) is 15.6 Å². The van der Waals surface area contributed by atoms with Crippen LogP contribution in [0.5, 0.6) is 0 Å². The maximum absolute atomic E-state index is 11.2. The van der Waals surface area contributed by atoms with Crippen molar-refractivity contribution in [1.29, 1.82) is 0 Å². The summed E-state index contributed by atoms with van der Waals surface area (Å²) in [6, 6.07) is 5.70. The third-order valence-electron chi connectivity index (χ3n) is 2.00. The number of rotatable bonds is 1. The van der Waals surface area contributed by atoms with Crippen LogP contribution in [-0.2, 0) is 10.0 Å². The number of sulfonamides is 1. The Morgan fingerprint density at radius 3 is 2.71 bits per heavy atom. The van der Waals surface area contributed by atoms with E-state index >= 15 is 0 Å². The highest BCUT2D eigenvalue weighted by molar-refractivity contribution is 7.89. The van der Waals surface area contributed by atoms with Gasteiger partial charge >= 0.3 is 0 Å². The molecule has 1 heterocycles. The lowest BCUT2D eigenvalue weighted by atomic mass is 10.2. The van der Waals surface area contributed by atoms with Crippen molar-refractivity contribution in [2.24, 2.45) is 5.14 Å². The molecule has 0 amide bonds. The fraction of sp³-hybridized carbons (Fsp3) is 0.111. The van der Waals surface area contributed by atoms with Gasteiger partial charge in [0.25, 0.3) is 0 Å². The Morgan fingerprint density at radius 1 is 1.36 bits per heavy atom. The highest BCUT2D eigenvalue weighted by Gasteiger charge is 2.13. The van der Waals surface area contributed by atoms with Gasteiger partial charge in [-0.15, -0.1) is 11.3 Å². The van der Waals surface area contributed by atoms with Gasteiger partial charge in [-0.25, -0.2) is 13.6 Å². The lowest BCUT2D eigenvalue weighted by molar-refractivity contribution is 0.599. The van der Waals surface area contributed by atoms with Crippen LogP contribution in [0.1, 0.15) is 5.56 Å². The minimum Gasteiger partial charge on any atom is -0.225 e. The van der Waals surface area contributed by atoms with Crippen LogP contribution < -0.4 is 5.14 Å². The number of primary sulfonamides is 1. The molecule has 74 valence electrons. The molecule has 0 fully saturated rings. The monoisotopic (exact) mass is 227 g/mol. The van der Waals surface area contributed by atoms with Crippen LogP contribution in [0.25, 0.3) is 10.1 Å². The van der Waals surface area contributed by atoms with Crippen molar-refractivity contribution >= 4 is 31.4 Å². The van der Waals surface area contributed by atoms with E-state index in [-0.39, 0.29) is 4.90 Å². The van der Waals surface area contributed by atoms with Crippen LogP contribution in [0, 0.1) is 6.92 Å². The van der Waals surface area contributed by atoms with E-state index in [4.69, 9.17) is 5.14 Å². The predicted octanol–water partition coefficient (Wildman–Crippen LogP) is 1.86. The number of nitrogens with two attached hydrogens (primary N) is 1. The molecule has 14 heavy (non-hydrogen) atoms. The molecule has 2 aromatic rings. The number of benzene rings is 1. The number of hydrogen-bond acceptors (Lipinski definition) is 3. The summed E-state index contributed by atoms with van der Waals surface area (Å²) >= 11 is 1.39. The van der Waals surface area contributed by atoms with Crippen LogP contribution in [0.15, 0.2) is 28.5 Å². The zero-order valence-electron chi connectivity index (χ0n) is 7.52. The molecule has 3 nitrogen and oxygen atoms in total. The third-order valence-corrected chi connectivity index (χ3v) is 4.06. The van der Waals surface area contributed by atoms with Crippen molar-refractivity contribution in [3.8, 4) is 0 Å². The van der Waals surface area contributed by atoms with Gasteiger partial charge in [0.05, 0.1) is 0 Å². The van der Waals surface area contributed by atoms with Crippen molar-refractivity contribution in [2.75, 3.05) is 0 Å². The lowest BCUT2D eigenvalue weighted by Gasteiger charge is -1.96. The zero-order chi connectivity index (χ0) is 10.3. The second kappa shape index (κ2) is 3.05. The first-order valence-corrected chi connectivity index (χ1v) is 6.42. The van der Waals surface area contributed by atoms with Crippen molar-refractivity contribution in [3.05, 3.63) is 29.1 Å². The van der Waals surface area contributed by atoms with Crippen LogP contribution in [0.4, 0.5) is 0 Å². The van der Waals surface area contributed by atoms with Gasteiger partial charge in [-0.3, -0.25) is 0 Å². The van der Waals surface area contributed by atoms with Gasteiger partial charge in [0.15, 0.2) is 0 Å². The highest BCUT2D eigenvalue weighted by Crippen LogP contribution is 2.29. The van der Waals surface area contributed by atoms with E-state index in [2.05, 4.69) is 0 Å². The molecule has 1 aromatic carbocycles. The van der Waals surface area contributed by atoms with Crippen molar-refractivity contribution in [3.63, 3.8) is 0 Å². The summed E-state index contributed by atoms with van der Waals surface area (Å²) in [5.74, 6) is 0. The Balaban J connectivity index is 2.87. The van der Waals surface area contributed by atoms with E-state index in [1.807, 2.05) is 25.1 Å².